The van der Waals surface area contributed by atoms with Crippen molar-refractivity contribution < 1.29 is 14.4 Å². The molecule has 2 N–H and O–H groups in total. The maximum atomic E-state index is 13.4. The fourth-order valence-electron chi connectivity index (χ4n) is 4.28. The van der Waals surface area contributed by atoms with Crippen LogP contribution in [-0.4, -0.2) is 66.9 Å². The van der Waals surface area contributed by atoms with Crippen LogP contribution in [0.5, 0.6) is 0 Å². The molecule has 8 nitrogen and oxygen atoms in total. The summed E-state index contributed by atoms with van der Waals surface area (Å²) in [6, 6.07) is 12.0. The van der Waals surface area contributed by atoms with Crippen molar-refractivity contribution in [3.05, 3.63) is 58.7 Å². The van der Waals surface area contributed by atoms with Crippen LogP contribution in [0, 0.1) is 6.92 Å². The zero-order valence-electron chi connectivity index (χ0n) is 21.9. The lowest BCUT2D eigenvalue weighted by Crippen LogP contribution is -2.48. The molecule has 0 aromatic heterocycles. The molecule has 2 aromatic carbocycles. The Morgan fingerprint density at radius 3 is 2.42 bits per heavy atom. The number of carbonyl (C=O) groups excluding carboxylic acids is 3. The van der Waals surface area contributed by atoms with Crippen LogP contribution in [0.1, 0.15) is 47.8 Å². The second-order valence-electron chi connectivity index (χ2n) is 9.64. The third-order valence-electron chi connectivity index (χ3n) is 6.33. The molecule has 1 aliphatic rings. The first-order chi connectivity index (χ1) is 17.0. The summed E-state index contributed by atoms with van der Waals surface area (Å²) in [5, 5.41) is 11.0. The van der Waals surface area contributed by atoms with E-state index in [0.29, 0.717) is 37.8 Å². The number of rotatable bonds is 11. The summed E-state index contributed by atoms with van der Waals surface area (Å²) in [7, 11) is 4.49. The van der Waals surface area contributed by atoms with E-state index in [-0.39, 0.29) is 30.7 Å². The van der Waals surface area contributed by atoms with Crippen molar-refractivity contribution in [2.45, 2.75) is 46.8 Å². The van der Waals surface area contributed by atoms with E-state index in [0.717, 1.165) is 16.6 Å². The smallest absolute Gasteiger partial charge is 0.256 e. The van der Waals surface area contributed by atoms with Crippen molar-refractivity contribution >= 4 is 37.8 Å². The van der Waals surface area contributed by atoms with E-state index >= 15 is 0 Å². The molecule has 36 heavy (non-hydrogen) atoms. The predicted molar refractivity (Wildman–Crippen MR) is 147 cm³/mol. The summed E-state index contributed by atoms with van der Waals surface area (Å²) < 4.78 is 0. The molecule has 9 heteroatoms. The number of Topliss-reactive ketones (excluding diaryl/α,β-unsaturated/α-hetero) is 1. The van der Waals surface area contributed by atoms with Gasteiger partial charge in [0.1, 0.15) is 0 Å². The molecule has 0 saturated heterocycles. The minimum atomic E-state index is -0.160. The van der Waals surface area contributed by atoms with Crippen LogP contribution in [-0.2, 0) is 22.7 Å². The molecule has 1 atom stereocenters. The molecule has 0 saturated carbocycles. The first-order valence-electron chi connectivity index (χ1n) is 12.3. The molecular weight excluding hydrogens is 473 g/mol. The number of carbonyl (C=O) groups is 3. The minimum absolute atomic E-state index is 0.0235. The standard InChI is InChI=1S/C27H38N5O3P/c1-18(2)28-10-11-29-26(34)16-31(25-9-7-21(20(4)33)12-19(25)3)17-27(35)30(5)32-14-22-6-8-24(36)13-23(22)15-32/h6-9,12-13,18,28H,10-11,14-17,36H2,1-5H3,(H,29,34). The van der Waals surface area contributed by atoms with Gasteiger partial charge in [-0.3, -0.25) is 19.4 Å². The van der Waals surface area contributed by atoms with E-state index < -0.39 is 0 Å². The number of aryl methyl sites for hydroxylation is 1. The van der Waals surface area contributed by atoms with Gasteiger partial charge >= 0.3 is 0 Å². The summed E-state index contributed by atoms with van der Waals surface area (Å²) in [4.78, 5) is 39.8. The number of nitrogens with one attached hydrogen (secondary N) is 2. The van der Waals surface area contributed by atoms with Crippen LogP contribution in [0.3, 0.4) is 0 Å². The molecule has 2 amide bonds. The molecule has 0 fully saturated rings. The van der Waals surface area contributed by atoms with Gasteiger partial charge in [0.25, 0.3) is 5.91 Å². The maximum absolute atomic E-state index is 13.4. The van der Waals surface area contributed by atoms with Crippen molar-refractivity contribution in [1.29, 1.82) is 0 Å². The molecule has 194 valence electrons. The molecule has 0 aliphatic carbocycles. The van der Waals surface area contributed by atoms with Gasteiger partial charge in [0.15, 0.2) is 5.78 Å². The second kappa shape index (κ2) is 12.4. The second-order valence-corrected chi connectivity index (χ2v) is 10.3. The minimum Gasteiger partial charge on any atom is -0.353 e. The van der Waals surface area contributed by atoms with Gasteiger partial charge in [0.05, 0.1) is 13.1 Å². The number of anilines is 1. The number of ketones is 1. The highest BCUT2D eigenvalue weighted by Gasteiger charge is 2.27. The van der Waals surface area contributed by atoms with E-state index in [1.807, 2.05) is 18.0 Å². The lowest BCUT2D eigenvalue weighted by molar-refractivity contribution is -0.145. The van der Waals surface area contributed by atoms with Gasteiger partial charge in [0.2, 0.25) is 5.91 Å². The number of benzene rings is 2. The average Bonchev–Trinajstić information content (AvgIpc) is 3.23. The molecule has 3 rings (SSSR count). The molecule has 1 unspecified atom stereocenters. The zero-order valence-corrected chi connectivity index (χ0v) is 23.1. The van der Waals surface area contributed by atoms with Gasteiger partial charge in [0, 0.05) is 50.5 Å². The van der Waals surface area contributed by atoms with Gasteiger partial charge < -0.3 is 15.5 Å². The van der Waals surface area contributed by atoms with Gasteiger partial charge in [-0.1, -0.05) is 32.0 Å². The third-order valence-corrected chi connectivity index (χ3v) is 6.68. The highest BCUT2D eigenvalue weighted by atomic mass is 31.0. The number of likely N-dealkylation sites (N-methyl/N-ethyl adjacent to an activating group) is 1. The lowest BCUT2D eigenvalue weighted by Gasteiger charge is -2.32. The number of hydrazine groups is 1. The zero-order chi connectivity index (χ0) is 26.4. The number of hydrogen-bond acceptors (Lipinski definition) is 6. The number of fused-ring (bicyclic) bond motifs is 1. The summed E-state index contributed by atoms with van der Waals surface area (Å²) in [6.45, 7) is 10.1. The maximum Gasteiger partial charge on any atom is 0.256 e. The Bertz CT molecular complexity index is 1120. The van der Waals surface area contributed by atoms with E-state index in [2.05, 4.69) is 51.9 Å². The predicted octanol–water partition coefficient (Wildman–Crippen LogP) is 2.01. The number of hydrogen-bond donors (Lipinski definition) is 2. The van der Waals surface area contributed by atoms with E-state index in [1.54, 1.807) is 29.1 Å². The molecule has 1 heterocycles. The Balaban J connectivity index is 1.72. The summed E-state index contributed by atoms with van der Waals surface area (Å²) >= 11 is 0. The van der Waals surface area contributed by atoms with Crippen molar-refractivity contribution in [1.82, 2.24) is 20.7 Å². The van der Waals surface area contributed by atoms with E-state index in [4.69, 9.17) is 0 Å². The highest BCUT2D eigenvalue weighted by molar-refractivity contribution is 7.27. The van der Waals surface area contributed by atoms with Gasteiger partial charge in [-0.25, -0.2) is 5.01 Å². The van der Waals surface area contributed by atoms with Crippen LogP contribution in [0.2, 0.25) is 0 Å². The van der Waals surface area contributed by atoms with Crippen LogP contribution in [0.4, 0.5) is 5.69 Å². The van der Waals surface area contributed by atoms with Crippen molar-refractivity contribution in [3.63, 3.8) is 0 Å². The van der Waals surface area contributed by atoms with Crippen molar-refractivity contribution in [2.75, 3.05) is 38.1 Å². The van der Waals surface area contributed by atoms with Crippen LogP contribution in [0.25, 0.3) is 0 Å². The van der Waals surface area contributed by atoms with Crippen LogP contribution < -0.4 is 20.8 Å². The summed E-state index contributed by atoms with van der Waals surface area (Å²) in [5.41, 5.74) is 4.63. The highest BCUT2D eigenvalue weighted by Crippen LogP contribution is 2.25. The van der Waals surface area contributed by atoms with Crippen LogP contribution >= 0.6 is 9.24 Å². The number of amides is 2. The first kappa shape index (κ1) is 27.8. The number of nitrogens with zero attached hydrogens (tertiary/aromatic N) is 3. The third kappa shape index (κ3) is 7.36. The van der Waals surface area contributed by atoms with Gasteiger partial charge in [-0.15, -0.1) is 9.24 Å². The molecule has 0 bridgehead atoms. The summed E-state index contributed by atoms with van der Waals surface area (Å²) in [5.74, 6) is -0.296. The SMILES string of the molecule is CC(=O)c1ccc(N(CC(=O)NCCNC(C)C)CC(=O)N(C)N2Cc3ccc(P)cc3C2)c(C)c1. The monoisotopic (exact) mass is 511 g/mol. The molecule has 0 radical (unpaired) electrons. The Hall–Kier alpha value is -2.80. The summed E-state index contributed by atoms with van der Waals surface area (Å²) in [6.07, 6.45) is 0. The average molecular weight is 512 g/mol. The first-order valence-corrected chi connectivity index (χ1v) is 12.9. The molecule has 0 spiro atoms. The normalized spacial score (nSPS) is 13.0. The Morgan fingerprint density at radius 2 is 1.75 bits per heavy atom. The Kier molecular flexibility index (Phi) is 9.60. The fourth-order valence-corrected chi connectivity index (χ4v) is 4.58. The van der Waals surface area contributed by atoms with Crippen molar-refractivity contribution in [2.24, 2.45) is 0 Å². The van der Waals surface area contributed by atoms with Gasteiger partial charge in [-0.2, -0.15) is 0 Å². The topological polar surface area (TPSA) is 85.0 Å². The van der Waals surface area contributed by atoms with Crippen LogP contribution in [0.15, 0.2) is 36.4 Å². The fraction of sp³-hybridized carbons (Fsp3) is 0.444. The molecule has 2 aromatic rings. The quantitative estimate of drug-likeness (QED) is 0.273. The Morgan fingerprint density at radius 1 is 1.03 bits per heavy atom. The van der Waals surface area contributed by atoms with E-state index in [9.17, 15) is 14.4 Å². The largest absolute Gasteiger partial charge is 0.353 e. The Labute approximate surface area is 216 Å². The van der Waals surface area contributed by atoms with Gasteiger partial charge in [-0.05, 0) is 54.0 Å². The molecular formula is C27H38N5O3P. The lowest BCUT2D eigenvalue weighted by atomic mass is 10.1. The van der Waals surface area contributed by atoms with Crippen molar-refractivity contribution in [3.8, 4) is 0 Å². The molecule has 1 aliphatic heterocycles. The van der Waals surface area contributed by atoms with E-state index in [1.165, 1.54) is 18.1 Å².